The van der Waals surface area contributed by atoms with Gasteiger partial charge in [0.25, 0.3) is 5.91 Å². The van der Waals surface area contributed by atoms with Crippen molar-refractivity contribution in [1.29, 1.82) is 0 Å². The molecule has 188 valence electrons. The fourth-order valence-electron chi connectivity index (χ4n) is 4.97. The third-order valence-corrected chi connectivity index (χ3v) is 8.45. The second-order valence-electron chi connectivity index (χ2n) is 9.71. The van der Waals surface area contributed by atoms with Crippen molar-refractivity contribution in [2.75, 3.05) is 37.1 Å². The van der Waals surface area contributed by atoms with Gasteiger partial charge in [-0.1, -0.05) is 24.2 Å². The number of piperidine rings is 1. The molecule has 1 aliphatic heterocycles. The highest BCUT2D eigenvalue weighted by Gasteiger charge is 2.54. The van der Waals surface area contributed by atoms with Gasteiger partial charge < -0.3 is 15.0 Å². The molecule has 2 heterocycles. The van der Waals surface area contributed by atoms with Gasteiger partial charge in [0.1, 0.15) is 23.6 Å². The van der Waals surface area contributed by atoms with Crippen LogP contribution in [0.15, 0.2) is 49.3 Å². The van der Waals surface area contributed by atoms with Crippen molar-refractivity contribution < 1.29 is 9.53 Å². The molecule has 2 unspecified atom stereocenters. The number of fused-ring (bicyclic) bond motifs is 1. The number of halogens is 1. The molecule has 0 radical (unpaired) electrons. The van der Waals surface area contributed by atoms with Gasteiger partial charge in [-0.15, -0.1) is 9.24 Å². The lowest BCUT2D eigenvalue weighted by atomic mass is 9.91. The van der Waals surface area contributed by atoms with E-state index in [1.807, 2.05) is 24.3 Å². The maximum atomic E-state index is 12.4. The first kappa shape index (κ1) is 24.9. The number of hydrogen-bond acceptors (Lipinski definition) is 7. The summed E-state index contributed by atoms with van der Waals surface area (Å²) < 4.78 is 6.30. The molecule has 1 aromatic heterocycles. The van der Waals surface area contributed by atoms with E-state index >= 15 is 0 Å². The maximum absolute atomic E-state index is 12.4. The summed E-state index contributed by atoms with van der Waals surface area (Å²) in [4.78, 5) is 23.7. The summed E-state index contributed by atoms with van der Waals surface area (Å²) in [5, 5.41) is 6.55. The lowest BCUT2D eigenvalue weighted by Gasteiger charge is -2.30. The van der Waals surface area contributed by atoms with E-state index < -0.39 is 5.91 Å². The van der Waals surface area contributed by atoms with Gasteiger partial charge in [0, 0.05) is 22.2 Å². The molecule has 2 atom stereocenters. The number of nitrogens with zero attached hydrogens (tertiary/aromatic N) is 4. The Bertz CT molecular complexity index is 1330. The summed E-state index contributed by atoms with van der Waals surface area (Å²) >= 11 is 6.28. The van der Waals surface area contributed by atoms with Crippen LogP contribution in [0.4, 0.5) is 17.2 Å². The topological polar surface area (TPSA) is 96.6 Å². The molecule has 3 aromatic rings. The number of anilines is 3. The number of benzene rings is 2. The highest BCUT2D eigenvalue weighted by Crippen LogP contribution is 2.59. The van der Waals surface area contributed by atoms with Crippen LogP contribution in [0.2, 0.25) is 5.02 Å². The van der Waals surface area contributed by atoms with E-state index in [0.717, 1.165) is 29.1 Å². The summed E-state index contributed by atoms with van der Waals surface area (Å²) in [7, 11) is 4.77. The van der Waals surface area contributed by atoms with Crippen molar-refractivity contribution in [3.8, 4) is 5.75 Å². The van der Waals surface area contributed by atoms with Crippen molar-refractivity contribution in [3.63, 3.8) is 0 Å². The highest BCUT2D eigenvalue weighted by atomic mass is 35.5. The first-order chi connectivity index (χ1) is 17.3. The summed E-state index contributed by atoms with van der Waals surface area (Å²) in [5.74, 6) is 7.34. The number of carbonyl (C=O) groups excluding carboxylic acids is 1. The van der Waals surface area contributed by atoms with Gasteiger partial charge in [0.05, 0.1) is 12.1 Å². The van der Waals surface area contributed by atoms with Crippen LogP contribution in [0.5, 0.6) is 5.75 Å². The number of rotatable bonds is 7. The number of carbonyl (C=O) groups is 1. The van der Waals surface area contributed by atoms with Crippen LogP contribution in [0.25, 0.3) is 10.9 Å². The third-order valence-electron chi connectivity index (χ3n) is 7.43. The van der Waals surface area contributed by atoms with Crippen LogP contribution in [0, 0.1) is 11.3 Å². The first-order valence-electron chi connectivity index (χ1n) is 11.9. The van der Waals surface area contributed by atoms with Gasteiger partial charge in [0.2, 0.25) is 0 Å². The zero-order valence-electron chi connectivity index (χ0n) is 20.2. The van der Waals surface area contributed by atoms with Crippen molar-refractivity contribution >= 4 is 60.1 Å². The molecule has 1 saturated heterocycles. The van der Waals surface area contributed by atoms with E-state index in [4.69, 9.17) is 22.2 Å². The number of hydrogen-bond donors (Lipinski definition) is 2. The third kappa shape index (κ3) is 4.91. The van der Waals surface area contributed by atoms with Gasteiger partial charge in [0.15, 0.2) is 0 Å². The molecule has 2 fully saturated rings. The summed E-state index contributed by atoms with van der Waals surface area (Å²) in [5.41, 5.74) is 2.26. The Morgan fingerprint density at radius 2 is 2.14 bits per heavy atom. The van der Waals surface area contributed by atoms with Gasteiger partial charge in [-0.25, -0.2) is 20.8 Å². The molecule has 5 rings (SSSR count). The predicted octanol–water partition coefficient (Wildman–Crippen LogP) is 4.03. The minimum Gasteiger partial charge on any atom is -0.491 e. The van der Waals surface area contributed by atoms with E-state index in [1.165, 1.54) is 31.7 Å². The SMILES string of the molecule is C=CC(=O)N(N)c1cc2c(Nc3ccc(P)c(Cl)c3)ncnc2cc1OCC1CC12CCN(C)CC2. The average molecular weight is 525 g/mol. The Labute approximate surface area is 218 Å². The Kier molecular flexibility index (Phi) is 6.88. The minimum absolute atomic E-state index is 0.385. The largest absolute Gasteiger partial charge is 0.491 e. The van der Waals surface area contributed by atoms with Gasteiger partial charge in [-0.05, 0) is 80.3 Å². The molecular formula is C26H30ClN6O2P. The molecule has 3 N–H and O–H groups in total. The van der Waals surface area contributed by atoms with E-state index in [-0.39, 0.29) is 0 Å². The van der Waals surface area contributed by atoms with E-state index in [2.05, 4.69) is 43.1 Å². The number of amides is 1. The van der Waals surface area contributed by atoms with Crippen LogP contribution in [-0.4, -0.2) is 47.5 Å². The maximum Gasteiger partial charge on any atom is 0.264 e. The molecule has 36 heavy (non-hydrogen) atoms. The van der Waals surface area contributed by atoms with Crippen LogP contribution in [0.1, 0.15) is 19.3 Å². The second-order valence-corrected chi connectivity index (χ2v) is 10.7. The monoisotopic (exact) mass is 524 g/mol. The number of likely N-dealkylation sites (tertiary alicyclic amines) is 1. The van der Waals surface area contributed by atoms with Crippen molar-refractivity contribution in [2.45, 2.75) is 19.3 Å². The van der Waals surface area contributed by atoms with Crippen LogP contribution in [0.3, 0.4) is 0 Å². The van der Waals surface area contributed by atoms with Crippen molar-refractivity contribution in [2.24, 2.45) is 17.2 Å². The van der Waals surface area contributed by atoms with Crippen LogP contribution in [-0.2, 0) is 4.79 Å². The lowest BCUT2D eigenvalue weighted by molar-refractivity contribution is -0.114. The first-order valence-corrected chi connectivity index (χ1v) is 12.9. The van der Waals surface area contributed by atoms with Gasteiger partial charge in [-0.3, -0.25) is 4.79 Å². The molecule has 2 aliphatic rings. The second kappa shape index (κ2) is 9.94. The summed E-state index contributed by atoms with van der Waals surface area (Å²) in [6.07, 6.45) is 6.24. The Morgan fingerprint density at radius 1 is 1.36 bits per heavy atom. The normalized spacial score (nSPS) is 18.7. The quantitative estimate of drug-likeness (QED) is 0.158. The zero-order valence-corrected chi connectivity index (χ0v) is 22.1. The van der Waals surface area contributed by atoms with Crippen molar-refractivity contribution in [3.05, 3.63) is 54.3 Å². The van der Waals surface area contributed by atoms with Gasteiger partial charge in [-0.2, -0.15) is 0 Å². The van der Waals surface area contributed by atoms with E-state index in [1.54, 1.807) is 6.07 Å². The summed E-state index contributed by atoms with van der Waals surface area (Å²) in [6, 6.07) is 9.22. The lowest BCUT2D eigenvalue weighted by Crippen LogP contribution is -2.36. The molecule has 10 heteroatoms. The summed E-state index contributed by atoms with van der Waals surface area (Å²) in [6.45, 7) is 6.40. The average Bonchev–Trinajstić information content (AvgIpc) is 3.57. The Morgan fingerprint density at radius 3 is 2.86 bits per heavy atom. The smallest absolute Gasteiger partial charge is 0.264 e. The number of ether oxygens (including phenoxy) is 1. The highest BCUT2D eigenvalue weighted by molar-refractivity contribution is 7.28. The number of nitrogens with one attached hydrogen (secondary N) is 1. The number of aromatic nitrogens is 2. The number of nitrogens with two attached hydrogens (primary N) is 1. The van der Waals surface area contributed by atoms with Crippen molar-refractivity contribution in [1.82, 2.24) is 14.9 Å². The zero-order chi connectivity index (χ0) is 25.4. The van der Waals surface area contributed by atoms with E-state index in [9.17, 15) is 4.79 Å². The molecule has 1 amide bonds. The molecule has 2 aromatic carbocycles. The molecular weight excluding hydrogens is 495 g/mol. The fourth-order valence-corrected chi connectivity index (χ4v) is 5.33. The standard InChI is InChI=1S/C26H30ClN6O2P/c1-3-24(34)33(28)21-11-18-20(29-15-30-25(18)31-17-4-5-23(36)19(27)10-17)12-22(21)35-14-16-13-26(16)6-8-32(2)9-7-26/h3-5,10-12,15-16H,1,6-9,13-14,28,36H2,2H3,(H,29,30,31). The van der Waals surface area contributed by atoms with Gasteiger partial charge >= 0.3 is 0 Å². The minimum atomic E-state index is -0.438. The van der Waals surface area contributed by atoms with Crippen LogP contribution < -0.4 is 26.2 Å². The predicted molar refractivity (Wildman–Crippen MR) is 148 cm³/mol. The molecule has 1 aliphatic carbocycles. The molecule has 0 bridgehead atoms. The van der Waals surface area contributed by atoms with E-state index in [0.29, 0.717) is 51.1 Å². The molecule has 1 spiro atoms. The van der Waals surface area contributed by atoms with Crippen LogP contribution >= 0.6 is 20.8 Å². The Balaban J connectivity index is 1.45. The molecule has 1 saturated carbocycles. The number of hydrazine groups is 1. The molecule has 8 nitrogen and oxygen atoms in total. The Hall–Kier alpha value is -2.77. The fraction of sp³-hybridized carbons (Fsp3) is 0.346.